The SMILES string of the molecule is C=C1C(=NC)Oc2cc(-c3ccccc3)ccc21. The van der Waals surface area contributed by atoms with Gasteiger partial charge in [0.15, 0.2) is 0 Å². The Morgan fingerprint density at radius 3 is 2.50 bits per heavy atom. The van der Waals surface area contributed by atoms with Gasteiger partial charge in [-0.1, -0.05) is 43.0 Å². The van der Waals surface area contributed by atoms with E-state index in [1.54, 1.807) is 7.05 Å². The maximum atomic E-state index is 5.68. The Kier molecular flexibility index (Phi) is 2.49. The third kappa shape index (κ3) is 1.63. The second-order valence-electron chi connectivity index (χ2n) is 4.19. The lowest BCUT2D eigenvalue weighted by atomic mass is 10.0. The summed E-state index contributed by atoms with van der Waals surface area (Å²) in [4.78, 5) is 4.08. The molecule has 0 spiro atoms. The molecule has 1 aliphatic heterocycles. The fourth-order valence-electron chi connectivity index (χ4n) is 2.13. The topological polar surface area (TPSA) is 21.6 Å². The summed E-state index contributed by atoms with van der Waals surface area (Å²) in [5.41, 5.74) is 4.19. The Hall–Kier alpha value is -2.35. The van der Waals surface area contributed by atoms with E-state index in [0.717, 1.165) is 22.4 Å². The van der Waals surface area contributed by atoms with Crippen molar-refractivity contribution in [3.63, 3.8) is 0 Å². The van der Waals surface area contributed by atoms with E-state index in [4.69, 9.17) is 4.74 Å². The lowest BCUT2D eigenvalue weighted by molar-refractivity contribution is 0.570. The summed E-state index contributed by atoms with van der Waals surface area (Å²) in [5, 5.41) is 0. The summed E-state index contributed by atoms with van der Waals surface area (Å²) in [7, 11) is 1.71. The van der Waals surface area contributed by atoms with Gasteiger partial charge in [0.1, 0.15) is 5.75 Å². The first kappa shape index (κ1) is 10.8. The molecule has 88 valence electrons. The molecule has 0 amide bonds. The van der Waals surface area contributed by atoms with E-state index in [9.17, 15) is 0 Å². The Bertz CT molecular complexity index is 641. The Labute approximate surface area is 106 Å². The first-order chi connectivity index (χ1) is 8.79. The van der Waals surface area contributed by atoms with Crippen LogP contribution in [0, 0.1) is 0 Å². The summed E-state index contributed by atoms with van der Waals surface area (Å²) in [6, 6.07) is 16.4. The van der Waals surface area contributed by atoms with E-state index < -0.39 is 0 Å². The van der Waals surface area contributed by atoms with E-state index in [2.05, 4.69) is 29.8 Å². The summed E-state index contributed by atoms with van der Waals surface area (Å²) in [5.74, 6) is 1.44. The van der Waals surface area contributed by atoms with Gasteiger partial charge in [-0.05, 0) is 23.3 Å². The van der Waals surface area contributed by atoms with Crippen LogP contribution < -0.4 is 4.74 Å². The van der Waals surface area contributed by atoms with Crippen LogP contribution in [-0.2, 0) is 0 Å². The molecule has 1 aliphatic rings. The minimum Gasteiger partial charge on any atom is -0.438 e. The molecule has 3 rings (SSSR count). The monoisotopic (exact) mass is 235 g/mol. The lowest BCUT2D eigenvalue weighted by Crippen LogP contribution is -2.00. The van der Waals surface area contributed by atoms with Crippen LogP contribution in [0.3, 0.4) is 0 Å². The second kappa shape index (κ2) is 4.15. The highest BCUT2D eigenvalue weighted by Gasteiger charge is 2.22. The number of hydrogen-bond acceptors (Lipinski definition) is 2. The van der Waals surface area contributed by atoms with Crippen molar-refractivity contribution in [3.05, 3.63) is 60.7 Å². The van der Waals surface area contributed by atoms with Crippen molar-refractivity contribution in [2.24, 2.45) is 4.99 Å². The van der Waals surface area contributed by atoms with Crippen LogP contribution >= 0.6 is 0 Å². The molecule has 0 aliphatic carbocycles. The molecule has 0 saturated heterocycles. The lowest BCUT2D eigenvalue weighted by Gasteiger charge is -2.03. The van der Waals surface area contributed by atoms with Gasteiger partial charge in [0.05, 0.1) is 0 Å². The largest absolute Gasteiger partial charge is 0.438 e. The zero-order valence-corrected chi connectivity index (χ0v) is 10.2. The van der Waals surface area contributed by atoms with Gasteiger partial charge in [0.2, 0.25) is 5.90 Å². The maximum Gasteiger partial charge on any atom is 0.221 e. The summed E-state index contributed by atoms with van der Waals surface area (Å²) < 4.78 is 5.68. The average Bonchev–Trinajstić information content (AvgIpc) is 2.76. The Morgan fingerprint density at radius 2 is 1.78 bits per heavy atom. The van der Waals surface area contributed by atoms with E-state index in [1.165, 1.54) is 5.56 Å². The molecule has 2 aromatic carbocycles. The minimum absolute atomic E-state index is 0.607. The van der Waals surface area contributed by atoms with Gasteiger partial charge in [0, 0.05) is 18.2 Å². The number of fused-ring (bicyclic) bond motifs is 1. The van der Waals surface area contributed by atoms with Crippen molar-refractivity contribution in [2.75, 3.05) is 7.05 Å². The van der Waals surface area contributed by atoms with Gasteiger partial charge in [0.25, 0.3) is 0 Å². The van der Waals surface area contributed by atoms with E-state index >= 15 is 0 Å². The molecule has 0 aromatic heterocycles. The highest BCUT2D eigenvalue weighted by Crippen LogP contribution is 2.36. The first-order valence-electron chi connectivity index (χ1n) is 5.83. The van der Waals surface area contributed by atoms with Crippen molar-refractivity contribution < 1.29 is 4.74 Å². The number of hydrogen-bond donors (Lipinski definition) is 0. The normalized spacial score (nSPS) is 15.6. The van der Waals surface area contributed by atoms with Crippen molar-refractivity contribution >= 4 is 11.5 Å². The van der Waals surface area contributed by atoms with E-state index in [1.807, 2.05) is 30.3 Å². The molecule has 2 heteroatoms. The van der Waals surface area contributed by atoms with Gasteiger partial charge in [-0.15, -0.1) is 0 Å². The molecular weight excluding hydrogens is 222 g/mol. The molecule has 18 heavy (non-hydrogen) atoms. The molecule has 2 nitrogen and oxygen atoms in total. The molecule has 0 N–H and O–H groups in total. The zero-order valence-electron chi connectivity index (χ0n) is 10.2. The predicted octanol–water partition coefficient (Wildman–Crippen LogP) is 3.79. The van der Waals surface area contributed by atoms with Gasteiger partial charge in [-0.25, -0.2) is 0 Å². The average molecular weight is 235 g/mol. The van der Waals surface area contributed by atoms with Crippen LogP contribution in [0.4, 0.5) is 0 Å². The smallest absolute Gasteiger partial charge is 0.221 e. The van der Waals surface area contributed by atoms with Crippen LogP contribution in [0.2, 0.25) is 0 Å². The minimum atomic E-state index is 0.607. The molecule has 0 saturated carbocycles. The van der Waals surface area contributed by atoms with E-state index in [-0.39, 0.29) is 0 Å². The third-order valence-electron chi connectivity index (χ3n) is 3.08. The zero-order chi connectivity index (χ0) is 12.5. The number of benzene rings is 2. The highest BCUT2D eigenvalue weighted by atomic mass is 16.5. The van der Waals surface area contributed by atoms with Gasteiger partial charge >= 0.3 is 0 Å². The van der Waals surface area contributed by atoms with Crippen LogP contribution in [0.15, 0.2) is 60.1 Å². The van der Waals surface area contributed by atoms with Gasteiger partial charge in [-0.3, -0.25) is 4.99 Å². The standard InChI is InChI=1S/C16H13NO/c1-11-14-9-8-13(12-6-4-3-5-7-12)10-15(14)18-16(11)17-2/h3-10H,1H2,2H3. The van der Waals surface area contributed by atoms with E-state index in [0.29, 0.717) is 5.90 Å². The van der Waals surface area contributed by atoms with Gasteiger partial charge < -0.3 is 4.74 Å². The number of aliphatic imine (C=N–C) groups is 1. The Balaban J connectivity index is 2.08. The molecule has 0 fully saturated rings. The quantitative estimate of drug-likeness (QED) is 0.737. The first-order valence-corrected chi connectivity index (χ1v) is 5.83. The fraction of sp³-hybridized carbons (Fsp3) is 0.0625. The molecule has 0 atom stereocenters. The van der Waals surface area contributed by atoms with Crippen LogP contribution in [0.5, 0.6) is 5.75 Å². The molecule has 2 aromatic rings. The third-order valence-corrected chi connectivity index (χ3v) is 3.08. The maximum absolute atomic E-state index is 5.68. The molecule has 1 heterocycles. The second-order valence-corrected chi connectivity index (χ2v) is 4.19. The summed E-state index contributed by atoms with van der Waals surface area (Å²) in [6.45, 7) is 3.99. The van der Waals surface area contributed by atoms with Crippen molar-refractivity contribution in [3.8, 4) is 16.9 Å². The number of rotatable bonds is 1. The summed E-state index contributed by atoms with van der Waals surface area (Å²) >= 11 is 0. The molecule has 0 radical (unpaired) electrons. The number of ether oxygens (including phenoxy) is 1. The van der Waals surface area contributed by atoms with Crippen LogP contribution in [0.1, 0.15) is 5.56 Å². The van der Waals surface area contributed by atoms with Gasteiger partial charge in [-0.2, -0.15) is 0 Å². The summed E-state index contributed by atoms with van der Waals surface area (Å²) in [6.07, 6.45) is 0. The van der Waals surface area contributed by atoms with Crippen molar-refractivity contribution in [2.45, 2.75) is 0 Å². The van der Waals surface area contributed by atoms with Crippen molar-refractivity contribution in [1.82, 2.24) is 0 Å². The highest BCUT2D eigenvalue weighted by molar-refractivity contribution is 6.23. The van der Waals surface area contributed by atoms with Crippen LogP contribution in [-0.4, -0.2) is 12.9 Å². The number of nitrogens with zero attached hydrogens (tertiary/aromatic N) is 1. The van der Waals surface area contributed by atoms with Crippen LogP contribution in [0.25, 0.3) is 16.7 Å². The molecule has 0 bridgehead atoms. The van der Waals surface area contributed by atoms with Crippen molar-refractivity contribution in [1.29, 1.82) is 0 Å². The molecular formula is C16H13NO. The predicted molar refractivity (Wildman–Crippen MR) is 74.9 cm³/mol. The Morgan fingerprint density at radius 1 is 1.00 bits per heavy atom. The molecule has 0 unspecified atom stereocenters. The fourth-order valence-corrected chi connectivity index (χ4v) is 2.13.